The van der Waals surface area contributed by atoms with Crippen LogP contribution in [0.4, 0.5) is 5.69 Å². The second kappa shape index (κ2) is 13.4. The third kappa shape index (κ3) is 8.17. The van der Waals surface area contributed by atoms with E-state index in [0.717, 1.165) is 36.8 Å². The van der Waals surface area contributed by atoms with Gasteiger partial charge in [0.1, 0.15) is 5.75 Å². The van der Waals surface area contributed by atoms with Gasteiger partial charge in [0, 0.05) is 17.3 Å². The van der Waals surface area contributed by atoms with Crippen LogP contribution >= 0.6 is 0 Å². The number of amides is 1. The number of esters is 1. The zero-order valence-corrected chi connectivity index (χ0v) is 19.5. The number of ether oxygens (including phenoxy) is 2. The lowest BCUT2D eigenvalue weighted by molar-refractivity contribution is -0.137. The largest absolute Gasteiger partial charge is 0.494 e. The Morgan fingerprint density at radius 3 is 2.03 bits per heavy atom. The number of hydrogen-bond donors (Lipinski definition) is 1. The first-order valence-corrected chi connectivity index (χ1v) is 11.5. The molecule has 35 heavy (non-hydrogen) atoms. The maximum Gasteiger partial charge on any atom is 0.330 e. The van der Waals surface area contributed by atoms with E-state index in [1.165, 1.54) is 6.08 Å². The molecule has 178 valence electrons. The Morgan fingerprint density at radius 1 is 0.829 bits per heavy atom. The quantitative estimate of drug-likeness (QED) is 0.196. The molecule has 1 N–H and O–H groups in total. The van der Waals surface area contributed by atoms with Crippen LogP contribution in [-0.4, -0.2) is 25.1 Å². The number of hydrogen-bond acceptors (Lipinski definition) is 5. The van der Waals surface area contributed by atoms with E-state index in [4.69, 9.17) is 14.7 Å². The van der Waals surface area contributed by atoms with E-state index in [2.05, 4.69) is 18.0 Å². The molecule has 6 nitrogen and oxygen atoms in total. The van der Waals surface area contributed by atoms with Crippen LogP contribution < -0.4 is 10.1 Å². The summed E-state index contributed by atoms with van der Waals surface area (Å²) in [5.41, 5.74) is 3.88. The highest BCUT2D eigenvalue weighted by Gasteiger charge is 2.07. The van der Waals surface area contributed by atoms with Crippen LogP contribution in [0.15, 0.2) is 85.5 Å². The van der Waals surface area contributed by atoms with Crippen molar-refractivity contribution in [2.75, 3.05) is 18.5 Å². The summed E-state index contributed by atoms with van der Waals surface area (Å²) in [6, 6.07) is 24.1. The summed E-state index contributed by atoms with van der Waals surface area (Å²) >= 11 is 0. The van der Waals surface area contributed by atoms with Crippen molar-refractivity contribution in [2.24, 2.45) is 0 Å². The van der Waals surface area contributed by atoms with Crippen LogP contribution in [0.3, 0.4) is 0 Å². The number of unbranched alkanes of at least 4 members (excludes halogenated alkanes) is 3. The van der Waals surface area contributed by atoms with E-state index in [9.17, 15) is 9.59 Å². The standard InChI is InChI=1S/C29H28N2O4/c1-2-28(32)35-20-6-4-3-5-19-34-27-17-13-25(14-18-27)29(33)31-26-15-11-24(12-16-26)23-9-7-22(21-30)8-10-23/h2,7-18H,1,3-6,19-20H2,(H,31,33). The fourth-order valence-electron chi connectivity index (χ4n) is 3.37. The summed E-state index contributed by atoms with van der Waals surface area (Å²) < 4.78 is 10.7. The molecule has 0 bridgehead atoms. The highest BCUT2D eigenvalue weighted by molar-refractivity contribution is 6.04. The predicted octanol–water partition coefficient (Wildman–Crippen LogP) is 6.15. The highest BCUT2D eigenvalue weighted by Crippen LogP contribution is 2.22. The van der Waals surface area contributed by atoms with E-state index >= 15 is 0 Å². The van der Waals surface area contributed by atoms with Crippen molar-refractivity contribution in [1.29, 1.82) is 5.26 Å². The molecule has 1 amide bonds. The van der Waals surface area contributed by atoms with Gasteiger partial charge in [-0.15, -0.1) is 0 Å². The zero-order chi connectivity index (χ0) is 24.9. The van der Waals surface area contributed by atoms with Gasteiger partial charge in [0.15, 0.2) is 0 Å². The average molecular weight is 469 g/mol. The van der Waals surface area contributed by atoms with Crippen molar-refractivity contribution in [3.8, 4) is 22.9 Å². The van der Waals surface area contributed by atoms with Gasteiger partial charge in [0.25, 0.3) is 5.91 Å². The summed E-state index contributed by atoms with van der Waals surface area (Å²) in [7, 11) is 0. The van der Waals surface area contributed by atoms with E-state index in [1.54, 1.807) is 36.4 Å². The molecule has 3 aromatic rings. The number of carbonyl (C=O) groups excluding carboxylic acids is 2. The summed E-state index contributed by atoms with van der Waals surface area (Å²) in [5.74, 6) is 0.135. The third-order valence-corrected chi connectivity index (χ3v) is 5.32. The Bertz CT molecular complexity index is 1160. The van der Waals surface area contributed by atoms with E-state index in [1.807, 2.05) is 36.4 Å². The van der Waals surface area contributed by atoms with Crippen molar-refractivity contribution < 1.29 is 19.1 Å². The lowest BCUT2D eigenvalue weighted by Gasteiger charge is -2.09. The minimum atomic E-state index is -0.386. The number of nitrogens with one attached hydrogen (secondary N) is 1. The Labute approximate surface area is 205 Å². The molecule has 0 aliphatic carbocycles. The zero-order valence-electron chi connectivity index (χ0n) is 19.5. The molecule has 0 spiro atoms. The molecule has 3 aromatic carbocycles. The second-order valence-corrected chi connectivity index (χ2v) is 7.88. The molecule has 0 heterocycles. The van der Waals surface area contributed by atoms with Crippen LogP contribution in [0.2, 0.25) is 0 Å². The van der Waals surface area contributed by atoms with Gasteiger partial charge in [-0.3, -0.25) is 4.79 Å². The number of nitriles is 1. The number of benzene rings is 3. The average Bonchev–Trinajstić information content (AvgIpc) is 2.90. The Kier molecular flexibility index (Phi) is 9.64. The van der Waals surface area contributed by atoms with Gasteiger partial charge in [0.2, 0.25) is 0 Å². The van der Waals surface area contributed by atoms with E-state index < -0.39 is 0 Å². The van der Waals surface area contributed by atoms with Crippen molar-refractivity contribution in [3.05, 3.63) is 96.6 Å². The first-order chi connectivity index (χ1) is 17.1. The van der Waals surface area contributed by atoms with Gasteiger partial charge < -0.3 is 14.8 Å². The number of anilines is 1. The molecule has 0 saturated carbocycles. The fraction of sp³-hybridized carbons (Fsp3) is 0.207. The topological polar surface area (TPSA) is 88.4 Å². The molecule has 6 heteroatoms. The van der Waals surface area contributed by atoms with Crippen LogP contribution in [-0.2, 0) is 9.53 Å². The first kappa shape index (κ1) is 25.3. The molecule has 0 unspecified atom stereocenters. The van der Waals surface area contributed by atoms with Gasteiger partial charge in [-0.1, -0.05) is 30.8 Å². The van der Waals surface area contributed by atoms with Gasteiger partial charge in [-0.05, 0) is 85.3 Å². The lowest BCUT2D eigenvalue weighted by Crippen LogP contribution is -2.11. The van der Waals surface area contributed by atoms with Crippen LogP contribution in [0, 0.1) is 11.3 Å². The molecular weight excluding hydrogens is 440 g/mol. The molecular formula is C29H28N2O4. The van der Waals surface area contributed by atoms with E-state index in [0.29, 0.717) is 35.8 Å². The Balaban J connectivity index is 1.39. The minimum absolute atomic E-state index is 0.195. The monoisotopic (exact) mass is 468 g/mol. The first-order valence-electron chi connectivity index (χ1n) is 11.5. The predicted molar refractivity (Wildman–Crippen MR) is 136 cm³/mol. The molecule has 0 atom stereocenters. The number of rotatable bonds is 12. The van der Waals surface area contributed by atoms with Crippen LogP contribution in [0.1, 0.15) is 41.6 Å². The lowest BCUT2D eigenvalue weighted by atomic mass is 10.0. The molecule has 0 aliphatic heterocycles. The molecule has 0 aliphatic rings. The molecule has 3 rings (SSSR count). The third-order valence-electron chi connectivity index (χ3n) is 5.32. The molecule has 0 saturated heterocycles. The molecule has 0 aromatic heterocycles. The van der Waals surface area contributed by atoms with Gasteiger partial charge in [0.05, 0.1) is 24.8 Å². The SMILES string of the molecule is C=CC(=O)OCCCCCCOc1ccc(C(=O)Nc2ccc(-c3ccc(C#N)cc3)cc2)cc1. The second-order valence-electron chi connectivity index (χ2n) is 7.88. The summed E-state index contributed by atoms with van der Waals surface area (Å²) in [4.78, 5) is 23.5. The minimum Gasteiger partial charge on any atom is -0.494 e. The van der Waals surface area contributed by atoms with E-state index in [-0.39, 0.29) is 11.9 Å². The smallest absolute Gasteiger partial charge is 0.330 e. The summed E-state index contributed by atoms with van der Waals surface area (Å²) in [6.07, 6.45) is 4.83. The van der Waals surface area contributed by atoms with Crippen molar-refractivity contribution in [3.63, 3.8) is 0 Å². The van der Waals surface area contributed by atoms with Crippen LogP contribution in [0.5, 0.6) is 5.75 Å². The van der Waals surface area contributed by atoms with Crippen LogP contribution in [0.25, 0.3) is 11.1 Å². The van der Waals surface area contributed by atoms with Crippen molar-refractivity contribution in [1.82, 2.24) is 0 Å². The summed E-state index contributed by atoms with van der Waals surface area (Å²) in [5, 5.41) is 11.8. The molecule has 0 radical (unpaired) electrons. The van der Waals surface area contributed by atoms with Gasteiger partial charge in [-0.25, -0.2) is 4.79 Å². The fourth-order valence-corrected chi connectivity index (χ4v) is 3.37. The number of nitrogens with zero attached hydrogens (tertiary/aromatic N) is 1. The van der Waals surface area contributed by atoms with Crippen molar-refractivity contribution >= 4 is 17.6 Å². The van der Waals surface area contributed by atoms with Gasteiger partial charge in [-0.2, -0.15) is 5.26 Å². The number of carbonyl (C=O) groups is 2. The van der Waals surface area contributed by atoms with Crippen molar-refractivity contribution in [2.45, 2.75) is 25.7 Å². The maximum absolute atomic E-state index is 12.6. The highest BCUT2D eigenvalue weighted by atomic mass is 16.5. The maximum atomic E-state index is 12.6. The summed E-state index contributed by atoms with van der Waals surface area (Å²) in [6.45, 7) is 4.36. The Hall–Kier alpha value is -4.37. The van der Waals surface area contributed by atoms with Gasteiger partial charge >= 0.3 is 5.97 Å². The molecule has 0 fully saturated rings. The Morgan fingerprint density at radius 2 is 1.43 bits per heavy atom. The normalized spacial score (nSPS) is 10.1.